The van der Waals surface area contributed by atoms with Crippen LogP contribution in [0.1, 0.15) is 24.0 Å². The molecule has 1 saturated heterocycles. The number of aromatic nitrogens is 2. The second kappa shape index (κ2) is 8.62. The first-order chi connectivity index (χ1) is 15.6. The van der Waals surface area contributed by atoms with Crippen LogP contribution in [-0.2, 0) is 6.18 Å². The number of nitrogens with zero attached hydrogens (tertiary/aromatic N) is 3. The van der Waals surface area contributed by atoms with Gasteiger partial charge in [0.1, 0.15) is 5.75 Å². The molecule has 1 aliphatic heterocycles. The summed E-state index contributed by atoms with van der Waals surface area (Å²) >= 11 is 6.38. The minimum Gasteiger partial charge on any atom is -0.496 e. The summed E-state index contributed by atoms with van der Waals surface area (Å²) < 4.78 is 50.5. The summed E-state index contributed by atoms with van der Waals surface area (Å²) in [5.41, 5.74) is 0.483. The Morgan fingerprint density at radius 3 is 2.76 bits per heavy atom. The maximum Gasteiger partial charge on any atom is 0.416 e. The molecule has 4 rings (SSSR count). The molecule has 0 saturated carbocycles. The number of amides is 1. The lowest BCUT2D eigenvalue weighted by Gasteiger charge is -2.30. The molecule has 3 heterocycles. The average Bonchev–Trinajstić information content (AvgIpc) is 3.15. The van der Waals surface area contributed by atoms with E-state index in [0.29, 0.717) is 24.1 Å². The van der Waals surface area contributed by atoms with Gasteiger partial charge in [-0.05, 0) is 43.5 Å². The van der Waals surface area contributed by atoms with Gasteiger partial charge in [-0.1, -0.05) is 11.6 Å². The molecule has 1 aromatic carbocycles. The normalized spacial score (nSPS) is 16.8. The molecule has 1 amide bonds. The molecule has 3 aromatic rings. The number of pyridine rings is 1. The summed E-state index contributed by atoms with van der Waals surface area (Å²) in [7, 11) is 1.28. The predicted molar refractivity (Wildman–Crippen MR) is 115 cm³/mol. The first kappa shape index (κ1) is 23.0. The van der Waals surface area contributed by atoms with Crippen molar-refractivity contribution in [2.24, 2.45) is 0 Å². The van der Waals surface area contributed by atoms with E-state index in [-0.39, 0.29) is 46.3 Å². The number of halogens is 4. The molecular weight excluding hydrogens is 465 g/mol. The molecule has 1 fully saturated rings. The Balaban J connectivity index is 1.68. The summed E-state index contributed by atoms with van der Waals surface area (Å²) in [5.74, 6) is 0.00283. The number of anilines is 1. The van der Waals surface area contributed by atoms with Crippen molar-refractivity contribution in [2.75, 3.05) is 25.5 Å². The van der Waals surface area contributed by atoms with Crippen LogP contribution in [0.15, 0.2) is 22.6 Å². The Labute approximate surface area is 191 Å². The number of fused-ring (bicyclic) bond motifs is 1. The number of methoxy groups -OCH3 is 1. The number of nitrogens with one attached hydrogen (secondary N) is 1. The second-order valence-electron chi connectivity index (χ2n) is 7.74. The van der Waals surface area contributed by atoms with E-state index in [2.05, 4.69) is 15.3 Å². The van der Waals surface area contributed by atoms with Crippen molar-refractivity contribution in [1.82, 2.24) is 14.9 Å². The number of carboxylic acid groups (broad SMARTS) is 1. The van der Waals surface area contributed by atoms with Crippen molar-refractivity contribution < 1.29 is 32.2 Å². The topological polar surface area (TPSA) is 101 Å². The van der Waals surface area contributed by atoms with Gasteiger partial charge in [-0.3, -0.25) is 0 Å². The first-order valence-corrected chi connectivity index (χ1v) is 10.4. The molecule has 176 valence electrons. The third-order valence-electron chi connectivity index (χ3n) is 5.44. The highest BCUT2D eigenvalue weighted by Gasteiger charge is 2.32. The molecule has 2 aromatic heterocycles. The quantitative estimate of drug-likeness (QED) is 0.509. The zero-order chi connectivity index (χ0) is 23.9. The van der Waals surface area contributed by atoms with Crippen LogP contribution in [0.3, 0.4) is 0 Å². The number of carbonyl (C=O) groups is 1. The fourth-order valence-corrected chi connectivity index (χ4v) is 4.14. The number of hydrogen-bond acceptors (Lipinski definition) is 6. The zero-order valence-corrected chi connectivity index (χ0v) is 18.4. The Hall–Kier alpha value is -3.21. The molecular formula is C21H20ClF3N4O4. The largest absolute Gasteiger partial charge is 0.496 e. The Morgan fingerprint density at radius 2 is 2.09 bits per heavy atom. The van der Waals surface area contributed by atoms with Gasteiger partial charge in [0.2, 0.25) is 5.65 Å². The van der Waals surface area contributed by atoms with E-state index in [4.69, 9.17) is 20.8 Å². The number of benzene rings is 1. The molecule has 0 bridgehead atoms. The Kier molecular flexibility index (Phi) is 6.00. The number of ether oxygens (including phenoxy) is 1. The molecule has 8 nitrogen and oxygen atoms in total. The fraction of sp³-hybridized carbons (Fsp3) is 0.381. The lowest BCUT2D eigenvalue weighted by atomic mass is 10.00. The van der Waals surface area contributed by atoms with Gasteiger partial charge in [-0.2, -0.15) is 18.2 Å². The molecule has 1 aliphatic rings. The Bertz CT molecular complexity index is 1210. The molecule has 1 atom stereocenters. The van der Waals surface area contributed by atoms with Crippen molar-refractivity contribution >= 4 is 34.9 Å². The van der Waals surface area contributed by atoms with E-state index in [9.17, 15) is 23.1 Å². The summed E-state index contributed by atoms with van der Waals surface area (Å²) in [6, 6.07) is 3.34. The maximum atomic E-state index is 13.2. The number of aryl methyl sites for hydroxylation is 1. The van der Waals surface area contributed by atoms with Crippen LogP contribution >= 0.6 is 11.6 Å². The predicted octanol–water partition coefficient (Wildman–Crippen LogP) is 5.43. The molecule has 1 unspecified atom stereocenters. The van der Waals surface area contributed by atoms with E-state index < -0.39 is 17.8 Å². The van der Waals surface area contributed by atoms with E-state index in [1.807, 2.05) is 0 Å². The summed E-state index contributed by atoms with van der Waals surface area (Å²) in [4.78, 5) is 21.3. The first-order valence-electron chi connectivity index (χ1n) is 10.0. The standard InChI is InChI=1S/C21H20ClF3N4O4/c1-10-6-11(21(23,24)25)7-15(32-2)16(10)14-8-13(22)17-18(27-14)28-19(33-17)26-12-4-3-5-29(9-12)20(30)31/h6-8,12H,3-5,9H2,1-2H3,(H,30,31)(H,26,27,28). The highest BCUT2D eigenvalue weighted by atomic mass is 35.5. The van der Waals surface area contributed by atoms with Crippen LogP contribution in [0.2, 0.25) is 5.02 Å². The second-order valence-corrected chi connectivity index (χ2v) is 8.15. The van der Waals surface area contributed by atoms with Gasteiger partial charge in [0, 0.05) is 24.7 Å². The number of rotatable bonds is 4. The van der Waals surface area contributed by atoms with Crippen LogP contribution in [0, 0.1) is 6.92 Å². The minimum atomic E-state index is -4.52. The SMILES string of the molecule is COc1cc(C(F)(F)F)cc(C)c1-c1cc(Cl)c2oc(NC3CCCN(C(=O)O)C3)nc2n1. The molecule has 33 heavy (non-hydrogen) atoms. The van der Waals surface area contributed by atoms with Gasteiger partial charge in [-0.15, -0.1) is 0 Å². The maximum absolute atomic E-state index is 13.2. The molecule has 12 heteroatoms. The van der Waals surface area contributed by atoms with Gasteiger partial charge >= 0.3 is 12.3 Å². The van der Waals surface area contributed by atoms with Crippen LogP contribution in [-0.4, -0.2) is 52.3 Å². The number of likely N-dealkylation sites (tertiary alicyclic amines) is 1. The third-order valence-corrected chi connectivity index (χ3v) is 5.72. The van der Waals surface area contributed by atoms with Gasteiger partial charge < -0.3 is 24.5 Å². The molecule has 0 radical (unpaired) electrons. The number of piperidine rings is 1. The zero-order valence-electron chi connectivity index (χ0n) is 17.7. The molecule has 0 aliphatic carbocycles. The monoisotopic (exact) mass is 484 g/mol. The van der Waals surface area contributed by atoms with E-state index in [1.54, 1.807) is 0 Å². The van der Waals surface area contributed by atoms with Crippen LogP contribution in [0.5, 0.6) is 5.75 Å². The van der Waals surface area contributed by atoms with Crippen molar-refractivity contribution in [3.63, 3.8) is 0 Å². The smallest absolute Gasteiger partial charge is 0.416 e. The van der Waals surface area contributed by atoms with E-state index in [0.717, 1.165) is 18.6 Å². The molecule has 2 N–H and O–H groups in total. The number of hydrogen-bond donors (Lipinski definition) is 2. The number of alkyl halides is 3. The summed E-state index contributed by atoms with van der Waals surface area (Å²) in [6.45, 7) is 2.27. The third kappa shape index (κ3) is 4.63. The van der Waals surface area contributed by atoms with Gasteiger partial charge in [0.15, 0.2) is 5.58 Å². The number of oxazole rings is 1. The van der Waals surface area contributed by atoms with Crippen LogP contribution in [0.4, 0.5) is 24.0 Å². The van der Waals surface area contributed by atoms with Crippen molar-refractivity contribution in [3.8, 4) is 17.0 Å². The lowest BCUT2D eigenvalue weighted by molar-refractivity contribution is -0.137. The van der Waals surface area contributed by atoms with Crippen molar-refractivity contribution in [1.29, 1.82) is 0 Å². The van der Waals surface area contributed by atoms with Gasteiger partial charge in [-0.25, -0.2) is 9.78 Å². The van der Waals surface area contributed by atoms with Gasteiger partial charge in [0.05, 0.1) is 23.4 Å². The van der Waals surface area contributed by atoms with Crippen LogP contribution in [0.25, 0.3) is 22.5 Å². The highest BCUT2D eigenvalue weighted by Crippen LogP contribution is 2.40. The van der Waals surface area contributed by atoms with E-state index in [1.165, 1.54) is 25.0 Å². The average molecular weight is 485 g/mol. The summed E-state index contributed by atoms with van der Waals surface area (Å²) in [5, 5.41) is 12.4. The van der Waals surface area contributed by atoms with Crippen LogP contribution < -0.4 is 10.1 Å². The summed E-state index contributed by atoms with van der Waals surface area (Å²) in [6.07, 6.45) is -4.08. The molecule has 0 spiro atoms. The lowest BCUT2D eigenvalue weighted by Crippen LogP contribution is -2.44. The highest BCUT2D eigenvalue weighted by molar-refractivity contribution is 6.34. The van der Waals surface area contributed by atoms with Crippen molar-refractivity contribution in [3.05, 3.63) is 34.3 Å². The van der Waals surface area contributed by atoms with E-state index >= 15 is 0 Å². The fourth-order valence-electron chi connectivity index (χ4n) is 3.92. The Morgan fingerprint density at radius 1 is 1.33 bits per heavy atom. The van der Waals surface area contributed by atoms with Gasteiger partial charge in [0.25, 0.3) is 6.01 Å². The van der Waals surface area contributed by atoms with Crippen molar-refractivity contribution in [2.45, 2.75) is 32.0 Å². The minimum absolute atomic E-state index is 0.00283.